The molecule has 0 amide bonds. The van der Waals surface area contributed by atoms with E-state index < -0.39 is 0 Å². The summed E-state index contributed by atoms with van der Waals surface area (Å²) in [5.41, 5.74) is 6.70. The van der Waals surface area contributed by atoms with E-state index in [0.29, 0.717) is 18.3 Å². The number of aliphatic hydroxyl groups excluding tert-OH is 1. The Balaban J connectivity index is 1.68. The lowest BCUT2D eigenvalue weighted by atomic mass is 9.53. The van der Waals surface area contributed by atoms with Gasteiger partial charge in [-0.25, -0.2) is 0 Å². The number of aliphatic hydroxyl groups is 1. The summed E-state index contributed by atoms with van der Waals surface area (Å²) in [5.74, 6) is 2.52. The standard InChI is InChI=1S/C27H35NO3/c1-27-15-21(17-6-11-24(31-4)23(14-17)28(2)3)26-19-9-7-18(29)13-16(19)5-8-20(26)22(27)10-12-25(27)30/h6,11,13-14,20-22,25,30H,5,7-10,12,15H2,1-4H3. The van der Waals surface area contributed by atoms with Crippen molar-refractivity contribution in [1.82, 2.24) is 0 Å². The third-order valence-corrected chi connectivity index (χ3v) is 8.77. The molecule has 4 heteroatoms. The van der Waals surface area contributed by atoms with E-state index in [9.17, 15) is 9.90 Å². The van der Waals surface area contributed by atoms with Crippen molar-refractivity contribution in [3.8, 4) is 5.75 Å². The quantitative estimate of drug-likeness (QED) is 0.744. The predicted octanol–water partition coefficient (Wildman–Crippen LogP) is 5.02. The number of carbonyl (C=O) groups excluding carboxylic acids is 1. The molecule has 4 aliphatic carbocycles. The minimum atomic E-state index is -0.219. The molecule has 4 aliphatic rings. The van der Waals surface area contributed by atoms with Crippen LogP contribution in [0.2, 0.25) is 0 Å². The Kier molecular flexibility index (Phi) is 5.04. The highest BCUT2D eigenvalue weighted by atomic mass is 16.5. The van der Waals surface area contributed by atoms with Gasteiger partial charge in [-0.1, -0.05) is 18.6 Å². The molecule has 5 unspecified atom stereocenters. The Morgan fingerprint density at radius 2 is 1.94 bits per heavy atom. The van der Waals surface area contributed by atoms with Crippen LogP contribution in [0.15, 0.2) is 41.0 Å². The van der Waals surface area contributed by atoms with Crippen molar-refractivity contribution >= 4 is 11.5 Å². The summed E-state index contributed by atoms with van der Waals surface area (Å²) in [5, 5.41) is 11.0. The van der Waals surface area contributed by atoms with Crippen molar-refractivity contribution in [3.63, 3.8) is 0 Å². The van der Waals surface area contributed by atoms with Gasteiger partial charge in [0.1, 0.15) is 5.75 Å². The van der Waals surface area contributed by atoms with Gasteiger partial charge in [0, 0.05) is 26.4 Å². The largest absolute Gasteiger partial charge is 0.495 e. The molecule has 0 radical (unpaired) electrons. The maximum absolute atomic E-state index is 12.1. The smallest absolute Gasteiger partial charge is 0.156 e. The van der Waals surface area contributed by atoms with Gasteiger partial charge in [-0.3, -0.25) is 4.79 Å². The van der Waals surface area contributed by atoms with Crippen LogP contribution in [0.5, 0.6) is 5.75 Å². The molecule has 5 rings (SSSR count). The summed E-state index contributed by atoms with van der Waals surface area (Å²) >= 11 is 0. The van der Waals surface area contributed by atoms with Gasteiger partial charge in [-0.05, 0) is 90.7 Å². The Morgan fingerprint density at radius 1 is 1.13 bits per heavy atom. The van der Waals surface area contributed by atoms with Gasteiger partial charge in [0.2, 0.25) is 0 Å². The number of hydrogen-bond acceptors (Lipinski definition) is 4. The number of fused-ring (bicyclic) bond motifs is 4. The maximum Gasteiger partial charge on any atom is 0.156 e. The van der Waals surface area contributed by atoms with E-state index in [1.54, 1.807) is 12.7 Å². The molecule has 4 nitrogen and oxygen atoms in total. The van der Waals surface area contributed by atoms with Gasteiger partial charge in [-0.2, -0.15) is 0 Å². The van der Waals surface area contributed by atoms with Gasteiger partial charge in [0.05, 0.1) is 18.9 Å². The molecular formula is C27H35NO3. The first-order chi connectivity index (χ1) is 14.8. The number of anilines is 1. The van der Waals surface area contributed by atoms with Gasteiger partial charge >= 0.3 is 0 Å². The molecule has 0 aromatic heterocycles. The van der Waals surface area contributed by atoms with E-state index in [4.69, 9.17) is 4.74 Å². The molecule has 0 bridgehead atoms. The number of benzene rings is 1. The minimum absolute atomic E-state index is 0.0384. The lowest BCUT2D eigenvalue weighted by molar-refractivity contribution is -0.114. The number of rotatable bonds is 3. The summed E-state index contributed by atoms with van der Waals surface area (Å²) in [4.78, 5) is 14.3. The van der Waals surface area contributed by atoms with Gasteiger partial charge in [0.25, 0.3) is 0 Å². The third kappa shape index (κ3) is 3.17. The normalized spacial score (nSPS) is 34.6. The second kappa shape index (κ2) is 7.51. The van der Waals surface area contributed by atoms with Crippen molar-refractivity contribution in [2.24, 2.45) is 17.3 Å². The molecular weight excluding hydrogens is 386 g/mol. The molecule has 1 aromatic carbocycles. The monoisotopic (exact) mass is 421 g/mol. The second-order valence-electron chi connectivity index (χ2n) is 10.5. The molecule has 5 atom stereocenters. The number of methoxy groups -OCH3 is 1. The Hall–Kier alpha value is -2.07. The van der Waals surface area contributed by atoms with Crippen molar-refractivity contribution in [1.29, 1.82) is 0 Å². The maximum atomic E-state index is 12.1. The molecule has 1 aromatic rings. The average Bonchev–Trinajstić information content (AvgIpc) is 3.06. The lowest BCUT2D eigenvalue weighted by Gasteiger charge is -2.52. The van der Waals surface area contributed by atoms with E-state index in [-0.39, 0.29) is 23.2 Å². The molecule has 0 aliphatic heterocycles. The van der Waals surface area contributed by atoms with Crippen LogP contribution in [0.1, 0.15) is 63.4 Å². The second-order valence-corrected chi connectivity index (χ2v) is 10.5. The van der Waals surface area contributed by atoms with E-state index in [1.807, 2.05) is 6.08 Å². The molecule has 0 saturated heterocycles. The van der Waals surface area contributed by atoms with Crippen LogP contribution in [0.4, 0.5) is 5.69 Å². The van der Waals surface area contributed by atoms with Crippen molar-refractivity contribution in [2.75, 3.05) is 26.1 Å². The fourth-order valence-electron chi connectivity index (χ4n) is 7.20. The van der Waals surface area contributed by atoms with Crippen LogP contribution in [-0.4, -0.2) is 38.2 Å². The minimum Gasteiger partial charge on any atom is -0.495 e. The topological polar surface area (TPSA) is 49.8 Å². The fraction of sp³-hybridized carbons (Fsp3) is 0.593. The SMILES string of the molecule is COc1ccc(C2CC3(C)C(O)CCC3C3CCC4=CC(=O)CCC4=C23)cc1N(C)C. The average molecular weight is 422 g/mol. The zero-order valence-electron chi connectivity index (χ0n) is 19.3. The van der Waals surface area contributed by atoms with Crippen LogP contribution in [0, 0.1) is 17.3 Å². The number of nitrogens with zero attached hydrogens (tertiary/aromatic N) is 1. The van der Waals surface area contributed by atoms with E-state index >= 15 is 0 Å². The van der Waals surface area contributed by atoms with Crippen LogP contribution >= 0.6 is 0 Å². The Labute approximate surface area is 186 Å². The summed E-state index contributed by atoms with van der Waals surface area (Å²) in [7, 11) is 5.83. The molecule has 1 N–H and O–H groups in total. The first-order valence-electron chi connectivity index (χ1n) is 11.8. The van der Waals surface area contributed by atoms with Crippen LogP contribution in [0.3, 0.4) is 0 Å². The highest BCUT2D eigenvalue weighted by Crippen LogP contribution is 2.64. The van der Waals surface area contributed by atoms with Crippen LogP contribution < -0.4 is 9.64 Å². The zero-order valence-corrected chi connectivity index (χ0v) is 19.3. The first-order valence-corrected chi connectivity index (χ1v) is 11.8. The number of carbonyl (C=O) groups is 1. The zero-order chi connectivity index (χ0) is 21.9. The van der Waals surface area contributed by atoms with Crippen molar-refractivity contribution < 1.29 is 14.6 Å². The Bertz CT molecular complexity index is 975. The van der Waals surface area contributed by atoms with Gasteiger partial charge < -0.3 is 14.7 Å². The molecule has 31 heavy (non-hydrogen) atoms. The molecule has 2 saturated carbocycles. The summed E-state index contributed by atoms with van der Waals surface area (Å²) in [6.07, 6.45) is 8.37. The van der Waals surface area contributed by atoms with Crippen LogP contribution in [-0.2, 0) is 4.79 Å². The van der Waals surface area contributed by atoms with Crippen molar-refractivity contribution in [3.05, 3.63) is 46.6 Å². The van der Waals surface area contributed by atoms with E-state index in [2.05, 4.69) is 44.1 Å². The van der Waals surface area contributed by atoms with Gasteiger partial charge in [0.15, 0.2) is 5.78 Å². The summed E-state index contributed by atoms with van der Waals surface area (Å²) < 4.78 is 5.62. The molecule has 0 heterocycles. The summed E-state index contributed by atoms with van der Waals surface area (Å²) in [6.45, 7) is 2.33. The lowest BCUT2D eigenvalue weighted by Crippen LogP contribution is -2.45. The van der Waals surface area contributed by atoms with Crippen LogP contribution in [0.25, 0.3) is 0 Å². The molecule has 0 spiro atoms. The van der Waals surface area contributed by atoms with Gasteiger partial charge in [-0.15, -0.1) is 0 Å². The number of hydrogen-bond donors (Lipinski definition) is 1. The summed E-state index contributed by atoms with van der Waals surface area (Å²) in [6, 6.07) is 6.59. The molecule has 2 fully saturated rings. The Morgan fingerprint density at radius 3 is 2.68 bits per heavy atom. The number of allylic oxidation sites excluding steroid dienone is 4. The van der Waals surface area contributed by atoms with E-state index in [1.165, 1.54) is 16.7 Å². The van der Waals surface area contributed by atoms with E-state index in [0.717, 1.165) is 50.0 Å². The first kappa shape index (κ1) is 20.8. The fourth-order valence-corrected chi connectivity index (χ4v) is 7.20. The molecule has 166 valence electrons. The highest BCUT2D eigenvalue weighted by molar-refractivity contribution is 5.93. The van der Waals surface area contributed by atoms with Crippen molar-refractivity contribution in [2.45, 2.75) is 63.9 Å². The number of ketones is 1. The predicted molar refractivity (Wildman–Crippen MR) is 124 cm³/mol. The number of ether oxygens (including phenoxy) is 1. The third-order valence-electron chi connectivity index (χ3n) is 8.77. The highest BCUT2D eigenvalue weighted by Gasteiger charge is 2.56.